The van der Waals surface area contributed by atoms with E-state index >= 15 is 0 Å². The van der Waals surface area contributed by atoms with Gasteiger partial charge < -0.3 is 9.80 Å². The van der Waals surface area contributed by atoms with Crippen LogP contribution in [0.5, 0.6) is 0 Å². The molecule has 0 radical (unpaired) electrons. The number of hydrogen-bond donors (Lipinski definition) is 0. The molecule has 4 heteroatoms. The Labute approximate surface area is 171 Å². The summed E-state index contributed by atoms with van der Waals surface area (Å²) in [6.07, 6.45) is 0.785. The third-order valence-corrected chi connectivity index (χ3v) is 5.84. The molecule has 1 fully saturated rings. The van der Waals surface area contributed by atoms with Gasteiger partial charge in [-0.15, -0.1) is 0 Å². The highest BCUT2D eigenvalue weighted by molar-refractivity contribution is 6.07. The fourth-order valence-electron chi connectivity index (χ4n) is 3.96. The number of nitrogens with zero attached hydrogens (tertiary/aromatic N) is 2. The van der Waals surface area contributed by atoms with E-state index in [1.165, 1.54) is 5.56 Å². The van der Waals surface area contributed by atoms with Crippen molar-refractivity contribution < 1.29 is 9.59 Å². The van der Waals surface area contributed by atoms with Gasteiger partial charge >= 0.3 is 0 Å². The van der Waals surface area contributed by atoms with Crippen molar-refractivity contribution in [3.8, 4) is 0 Å². The molecule has 1 saturated heterocycles. The van der Waals surface area contributed by atoms with E-state index in [1.54, 1.807) is 0 Å². The summed E-state index contributed by atoms with van der Waals surface area (Å²) in [5, 5.41) is 2.05. The van der Waals surface area contributed by atoms with Crippen LogP contribution in [0.25, 0.3) is 10.8 Å². The molecule has 0 N–H and O–H groups in total. The highest BCUT2D eigenvalue weighted by atomic mass is 16.2. The van der Waals surface area contributed by atoms with Crippen LogP contribution >= 0.6 is 0 Å². The zero-order valence-corrected chi connectivity index (χ0v) is 17.0. The quantitative estimate of drug-likeness (QED) is 0.653. The number of hydrogen-bond acceptors (Lipinski definition) is 2. The van der Waals surface area contributed by atoms with Gasteiger partial charge in [-0.05, 0) is 60.4 Å². The maximum absolute atomic E-state index is 13.2. The first-order valence-corrected chi connectivity index (χ1v) is 10.2. The Bertz CT molecular complexity index is 1070. The van der Waals surface area contributed by atoms with Crippen LogP contribution in [0.3, 0.4) is 0 Å². The minimum absolute atomic E-state index is 0.0438. The molecule has 148 valence electrons. The molecule has 0 aliphatic carbocycles. The lowest BCUT2D eigenvalue weighted by atomic mass is 10.0. The van der Waals surface area contributed by atoms with Crippen LogP contribution in [0.2, 0.25) is 0 Å². The molecular formula is C25H26N2O2. The van der Waals surface area contributed by atoms with E-state index in [1.807, 2.05) is 84.3 Å². The molecule has 29 heavy (non-hydrogen) atoms. The monoisotopic (exact) mass is 386 g/mol. The van der Waals surface area contributed by atoms with Crippen molar-refractivity contribution in [3.05, 3.63) is 82.9 Å². The second kappa shape index (κ2) is 8.08. The summed E-state index contributed by atoms with van der Waals surface area (Å²) in [5.41, 5.74) is 3.77. The second-order valence-corrected chi connectivity index (χ2v) is 7.76. The molecule has 0 atom stereocenters. The molecule has 1 aliphatic rings. The van der Waals surface area contributed by atoms with E-state index in [2.05, 4.69) is 0 Å². The van der Waals surface area contributed by atoms with E-state index in [0.29, 0.717) is 26.2 Å². The highest BCUT2D eigenvalue weighted by Crippen LogP contribution is 2.21. The van der Waals surface area contributed by atoms with Gasteiger partial charge in [-0.25, -0.2) is 0 Å². The summed E-state index contributed by atoms with van der Waals surface area (Å²) in [5.74, 6) is 0.0924. The van der Waals surface area contributed by atoms with Gasteiger partial charge in [0, 0.05) is 37.3 Å². The summed E-state index contributed by atoms with van der Waals surface area (Å²) in [7, 11) is 0. The summed E-state index contributed by atoms with van der Waals surface area (Å²) < 4.78 is 0. The van der Waals surface area contributed by atoms with E-state index in [4.69, 9.17) is 0 Å². The largest absolute Gasteiger partial charge is 0.337 e. The highest BCUT2D eigenvalue weighted by Gasteiger charge is 2.24. The van der Waals surface area contributed by atoms with Crippen LogP contribution in [-0.2, 0) is 0 Å². The molecule has 3 aromatic carbocycles. The van der Waals surface area contributed by atoms with Crippen molar-refractivity contribution in [1.82, 2.24) is 9.80 Å². The summed E-state index contributed by atoms with van der Waals surface area (Å²) >= 11 is 0. The average Bonchev–Trinajstić information content (AvgIpc) is 3.00. The fraction of sp³-hybridized carbons (Fsp3) is 0.280. The molecule has 0 bridgehead atoms. The molecule has 4 nitrogen and oxygen atoms in total. The third kappa shape index (κ3) is 3.88. The van der Waals surface area contributed by atoms with Crippen LogP contribution in [0.4, 0.5) is 0 Å². The first-order valence-electron chi connectivity index (χ1n) is 10.2. The van der Waals surface area contributed by atoms with Gasteiger partial charge in [0.1, 0.15) is 0 Å². The number of aryl methyl sites for hydroxylation is 2. The molecule has 1 heterocycles. The Kier molecular flexibility index (Phi) is 5.34. The Morgan fingerprint density at radius 3 is 2.17 bits per heavy atom. The number of amides is 2. The van der Waals surface area contributed by atoms with Gasteiger partial charge in [-0.1, -0.05) is 42.5 Å². The van der Waals surface area contributed by atoms with Gasteiger partial charge in [-0.3, -0.25) is 9.59 Å². The first kappa shape index (κ1) is 19.2. The van der Waals surface area contributed by atoms with Crippen molar-refractivity contribution >= 4 is 22.6 Å². The smallest absolute Gasteiger partial charge is 0.254 e. The van der Waals surface area contributed by atoms with E-state index in [0.717, 1.165) is 33.9 Å². The maximum atomic E-state index is 13.2. The minimum atomic E-state index is 0.0438. The molecule has 0 unspecified atom stereocenters. The molecule has 4 rings (SSSR count). The van der Waals surface area contributed by atoms with E-state index < -0.39 is 0 Å². The number of carbonyl (C=O) groups is 2. The van der Waals surface area contributed by atoms with Gasteiger partial charge in [0.2, 0.25) is 0 Å². The van der Waals surface area contributed by atoms with E-state index in [-0.39, 0.29) is 11.8 Å². The van der Waals surface area contributed by atoms with Crippen molar-refractivity contribution in [3.63, 3.8) is 0 Å². The topological polar surface area (TPSA) is 40.6 Å². The van der Waals surface area contributed by atoms with Crippen LogP contribution in [0.15, 0.2) is 60.7 Å². The number of benzene rings is 3. The van der Waals surface area contributed by atoms with Gasteiger partial charge in [0.05, 0.1) is 0 Å². The van der Waals surface area contributed by atoms with Crippen LogP contribution in [-0.4, -0.2) is 47.8 Å². The van der Waals surface area contributed by atoms with Crippen molar-refractivity contribution in [2.75, 3.05) is 26.2 Å². The first-order chi connectivity index (χ1) is 14.0. The maximum Gasteiger partial charge on any atom is 0.254 e. The average molecular weight is 386 g/mol. The van der Waals surface area contributed by atoms with E-state index in [9.17, 15) is 9.59 Å². The summed E-state index contributed by atoms with van der Waals surface area (Å²) in [6.45, 7) is 6.52. The zero-order valence-electron chi connectivity index (χ0n) is 17.0. The minimum Gasteiger partial charge on any atom is -0.337 e. The summed E-state index contributed by atoms with van der Waals surface area (Å²) in [6, 6.07) is 19.7. The standard InChI is InChI=1S/C25H26N2O2/c1-18-11-12-21(17-19(18)2)24(28)26-13-6-14-27(16-15-26)25(29)23-10-5-8-20-7-3-4-9-22(20)23/h3-5,7-12,17H,6,13-16H2,1-2H3. The normalized spacial score (nSPS) is 14.7. The third-order valence-electron chi connectivity index (χ3n) is 5.84. The molecule has 0 aromatic heterocycles. The Balaban J connectivity index is 1.50. The van der Waals surface area contributed by atoms with Crippen LogP contribution < -0.4 is 0 Å². The van der Waals surface area contributed by atoms with Crippen molar-refractivity contribution in [2.24, 2.45) is 0 Å². The Hall–Kier alpha value is -3.14. The van der Waals surface area contributed by atoms with Crippen LogP contribution in [0, 0.1) is 13.8 Å². The Morgan fingerprint density at radius 1 is 0.724 bits per heavy atom. The molecule has 0 saturated carbocycles. The predicted molar refractivity (Wildman–Crippen MR) is 116 cm³/mol. The van der Waals surface area contributed by atoms with Gasteiger partial charge in [0.25, 0.3) is 11.8 Å². The fourth-order valence-corrected chi connectivity index (χ4v) is 3.96. The summed E-state index contributed by atoms with van der Waals surface area (Å²) in [4.78, 5) is 29.9. The van der Waals surface area contributed by atoms with Crippen molar-refractivity contribution in [1.29, 1.82) is 0 Å². The van der Waals surface area contributed by atoms with Crippen molar-refractivity contribution in [2.45, 2.75) is 20.3 Å². The SMILES string of the molecule is Cc1ccc(C(=O)N2CCCN(C(=O)c3cccc4ccccc34)CC2)cc1C. The molecule has 3 aromatic rings. The van der Waals surface area contributed by atoms with Crippen LogP contribution in [0.1, 0.15) is 38.3 Å². The number of fused-ring (bicyclic) bond motifs is 1. The lowest BCUT2D eigenvalue weighted by molar-refractivity contribution is 0.0719. The second-order valence-electron chi connectivity index (χ2n) is 7.76. The molecule has 1 aliphatic heterocycles. The lowest BCUT2D eigenvalue weighted by Gasteiger charge is -2.23. The zero-order chi connectivity index (χ0) is 20.4. The van der Waals surface area contributed by atoms with Gasteiger partial charge in [0.15, 0.2) is 0 Å². The predicted octanol–water partition coefficient (Wildman–Crippen LogP) is 4.44. The number of carbonyl (C=O) groups excluding carboxylic acids is 2. The molecule has 0 spiro atoms. The molecule has 2 amide bonds. The Morgan fingerprint density at radius 2 is 1.41 bits per heavy atom. The molecular weight excluding hydrogens is 360 g/mol. The lowest BCUT2D eigenvalue weighted by Crippen LogP contribution is -2.37. The number of rotatable bonds is 2. The van der Waals surface area contributed by atoms with Gasteiger partial charge in [-0.2, -0.15) is 0 Å².